The number of hydrogen-bond donors (Lipinski definition) is 1. The van der Waals surface area contributed by atoms with Gasteiger partial charge in [-0.3, -0.25) is 4.79 Å². The summed E-state index contributed by atoms with van der Waals surface area (Å²) >= 11 is 0. The van der Waals surface area contributed by atoms with Gasteiger partial charge < -0.3 is 5.11 Å². The van der Waals surface area contributed by atoms with Gasteiger partial charge in [-0.2, -0.15) is 0 Å². The summed E-state index contributed by atoms with van der Waals surface area (Å²) in [6.45, 7) is 4.55. The molecule has 0 radical (unpaired) electrons. The first kappa shape index (κ1) is 18.5. The van der Waals surface area contributed by atoms with Crippen LogP contribution in [0.4, 0.5) is 0 Å². The number of rotatable bonds is 14. The summed E-state index contributed by atoms with van der Waals surface area (Å²) in [6, 6.07) is 0. The van der Waals surface area contributed by atoms with Crippen LogP contribution in [0.1, 0.15) is 97.3 Å². The van der Waals surface area contributed by atoms with Crippen molar-refractivity contribution in [1.82, 2.24) is 0 Å². The van der Waals surface area contributed by atoms with Gasteiger partial charge in [0, 0.05) is 6.42 Å². The fourth-order valence-electron chi connectivity index (χ4n) is 2.76. The number of carbonyl (C=O) groups is 1. The Morgan fingerprint density at radius 3 is 1.89 bits per heavy atom. The molecule has 0 heterocycles. The third-order valence-electron chi connectivity index (χ3n) is 3.92. The Labute approximate surface area is 120 Å². The van der Waals surface area contributed by atoms with Crippen molar-refractivity contribution in [3.8, 4) is 0 Å². The quantitative estimate of drug-likeness (QED) is 0.405. The van der Waals surface area contributed by atoms with Crippen LogP contribution in [0.3, 0.4) is 0 Å². The predicted octanol–water partition coefficient (Wildman–Crippen LogP) is 5.80. The highest BCUT2D eigenvalue weighted by atomic mass is 16.4. The minimum atomic E-state index is -0.653. The first-order valence-corrected chi connectivity index (χ1v) is 8.42. The molecule has 1 unspecified atom stereocenters. The molecule has 0 fully saturated rings. The number of aliphatic carboxylic acids is 1. The maximum atomic E-state index is 10.4. The minimum Gasteiger partial charge on any atom is -0.481 e. The average Bonchev–Trinajstić information content (AvgIpc) is 2.38. The van der Waals surface area contributed by atoms with Crippen molar-refractivity contribution < 1.29 is 9.90 Å². The van der Waals surface area contributed by atoms with Crippen molar-refractivity contribution in [3.05, 3.63) is 0 Å². The van der Waals surface area contributed by atoms with Crippen LogP contribution >= 0.6 is 0 Å². The Bertz CT molecular complexity index is 201. The lowest BCUT2D eigenvalue weighted by Gasteiger charge is -2.15. The molecule has 0 aliphatic rings. The normalized spacial score (nSPS) is 12.5. The second-order valence-electron chi connectivity index (χ2n) is 5.85. The molecule has 19 heavy (non-hydrogen) atoms. The molecular weight excluding hydrogens is 236 g/mol. The van der Waals surface area contributed by atoms with Gasteiger partial charge in [0.05, 0.1) is 0 Å². The summed E-state index contributed by atoms with van der Waals surface area (Å²) in [5.74, 6) is 0.265. The standard InChI is InChI=1S/C17H34O2/c1-3-5-6-9-13-16(12-4-2)14-10-7-8-11-15-17(18)19/h16H,3-15H2,1-2H3,(H,18,19). The molecule has 114 valence electrons. The van der Waals surface area contributed by atoms with Gasteiger partial charge in [0.15, 0.2) is 0 Å². The van der Waals surface area contributed by atoms with Crippen molar-refractivity contribution in [2.75, 3.05) is 0 Å². The SMILES string of the molecule is CCCCCCC(CCC)CCCCCCC(=O)O. The van der Waals surface area contributed by atoms with Crippen molar-refractivity contribution >= 4 is 5.97 Å². The topological polar surface area (TPSA) is 37.3 Å². The lowest BCUT2D eigenvalue weighted by Crippen LogP contribution is -2.01. The van der Waals surface area contributed by atoms with Crippen LogP contribution in [-0.4, -0.2) is 11.1 Å². The van der Waals surface area contributed by atoms with E-state index in [0.29, 0.717) is 6.42 Å². The van der Waals surface area contributed by atoms with Gasteiger partial charge in [0.25, 0.3) is 0 Å². The lowest BCUT2D eigenvalue weighted by atomic mass is 9.91. The second kappa shape index (κ2) is 13.9. The lowest BCUT2D eigenvalue weighted by molar-refractivity contribution is -0.137. The molecular formula is C17H34O2. The Morgan fingerprint density at radius 1 is 0.789 bits per heavy atom. The van der Waals surface area contributed by atoms with Crippen LogP contribution in [-0.2, 0) is 4.79 Å². The van der Waals surface area contributed by atoms with Gasteiger partial charge in [-0.1, -0.05) is 84.5 Å². The van der Waals surface area contributed by atoms with Gasteiger partial charge in [-0.05, 0) is 12.3 Å². The molecule has 0 saturated heterocycles. The fraction of sp³-hybridized carbons (Fsp3) is 0.941. The fourth-order valence-corrected chi connectivity index (χ4v) is 2.76. The number of carboxylic acids is 1. The number of unbranched alkanes of at least 4 members (excludes halogenated alkanes) is 6. The minimum absolute atomic E-state index is 0.343. The van der Waals surface area contributed by atoms with E-state index in [1.54, 1.807) is 0 Å². The Hall–Kier alpha value is -0.530. The molecule has 0 amide bonds. The van der Waals surface area contributed by atoms with Crippen LogP contribution in [0.2, 0.25) is 0 Å². The number of carboxylic acid groups (broad SMARTS) is 1. The molecule has 0 spiro atoms. The van der Waals surface area contributed by atoms with E-state index in [9.17, 15) is 4.79 Å². The molecule has 0 bridgehead atoms. The second-order valence-corrected chi connectivity index (χ2v) is 5.85. The molecule has 0 aromatic carbocycles. The van der Waals surface area contributed by atoms with Crippen LogP contribution < -0.4 is 0 Å². The first-order valence-electron chi connectivity index (χ1n) is 8.42. The van der Waals surface area contributed by atoms with Crippen LogP contribution in [0.15, 0.2) is 0 Å². The maximum absolute atomic E-state index is 10.4. The van der Waals surface area contributed by atoms with E-state index in [2.05, 4.69) is 13.8 Å². The summed E-state index contributed by atoms with van der Waals surface area (Å²) in [5.41, 5.74) is 0. The van der Waals surface area contributed by atoms with Crippen LogP contribution in [0.25, 0.3) is 0 Å². The van der Waals surface area contributed by atoms with E-state index < -0.39 is 5.97 Å². The maximum Gasteiger partial charge on any atom is 0.303 e. The third kappa shape index (κ3) is 13.7. The summed E-state index contributed by atoms with van der Waals surface area (Å²) in [7, 11) is 0. The molecule has 0 aromatic heterocycles. The zero-order valence-corrected chi connectivity index (χ0v) is 13.1. The third-order valence-corrected chi connectivity index (χ3v) is 3.92. The van der Waals surface area contributed by atoms with E-state index in [1.807, 2.05) is 0 Å². The highest BCUT2D eigenvalue weighted by Crippen LogP contribution is 2.22. The molecule has 1 N–H and O–H groups in total. The van der Waals surface area contributed by atoms with E-state index >= 15 is 0 Å². The van der Waals surface area contributed by atoms with Gasteiger partial charge in [0.2, 0.25) is 0 Å². The number of hydrogen-bond acceptors (Lipinski definition) is 1. The van der Waals surface area contributed by atoms with Crippen molar-refractivity contribution in [1.29, 1.82) is 0 Å². The van der Waals surface area contributed by atoms with Crippen molar-refractivity contribution in [2.24, 2.45) is 5.92 Å². The van der Waals surface area contributed by atoms with Crippen molar-refractivity contribution in [3.63, 3.8) is 0 Å². The molecule has 0 aliphatic heterocycles. The van der Waals surface area contributed by atoms with Gasteiger partial charge in [0.1, 0.15) is 0 Å². The Balaban J connectivity index is 3.50. The van der Waals surface area contributed by atoms with Gasteiger partial charge in [-0.15, -0.1) is 0 Å². The first-order chi connectivity index (χ1) is 9.20. The summed E-state index contributed by atoms with van der Waals surface area (Å²) in [5, 5.41) is 8.57. The molecule has 0 aliphatic carbocycles. The highest BCUT2D eigenvalue weighted by Gasteiger charge is 2.07. The Kier molecular flexibility index (Phi) is 13.5. The predicted molar refractivity (Wildman–Crippen MR) is 82.5 cm³/mol. The van der Waals surface area contributed by atoms with Crippen LogP contribution in [0.5, 0.6) is 0 Å². The Morgan fingerprint density at radius 2 is 1.37 bits per heavy atom. The smallest absolute Gasteiger partial charge is 0.303 e. The van der Waals surface area contributed by atoms with E-state index in [1.165, 1.54) is 64.2 Å². The summed E-state index contributed by atoms with van der Waals surface area (Å²) < 4.78 is 0. The van der Waals surface area contributed by atoms with Crippen molar-refractivity contribution in [2.45, 2.75) is 97.3 Å². The molecule has 0 saturated carbocycles. The van der Waals surface area contributed by atoms with Gasteiger partial charge in [-0.25, -0.2) is 0 Å². The van der Waals surface area contributed by atoms with E-state index in [4.69, 9.17) is 5.11 Å². The molecule has 2 heteroatoms. The van der Waals surface area contributed by atoms with Crippen LogP contribution in [0, 0.1) is 5.92 Å². The largest absolute Gasteiger partial charge is 0.481 e. The molecule has 0 rings (SSSR count). The summed E-state index contributed by atoms with van der Waals surface area (Å²) in [4.78, 5) is 10.4. The zero-order chi connectivity index (χ0) is 14.3. The van der Waals surface area contributed by atoms with E-state index in [0.717, 1.165) is 18.8 Å². The molecule has 0 aromatic rings. The van der Waals surface area contributed by atoms with E-state index in [-0.39, 0.29) is 0 Å². The highest BCUT2D eigenvalue weighted by molar-refractivity contribution is 5.66. The summed E-state index contributed by atoms with van der Waals surface area (Å²) in [6.07, 6.45) is 15.7. The average molecular weight is 270 g/mol. The zero-order valence-electron chi connectivity index (χ0n) is 13.1. The van der Waals surface area contributed by atoms with Gasteiger partial charge >= 0.3 is 5.97 Å². The molecule has 2 nitrogen and oxygen atoms in total. The molecule has 1 atom stereocenters. The monoisotopic (exact) mass is 270 g/mol.